The number of rotatable bonds is 1. The van der Waals surface area contributed by atoms with Gasteiger partial charge >= 0.3 is 5.97 Å². The van der Waals surface area contributed by atoms with Crippen molar-refractivity contribution in [3.63, 3.8) is 0 Å². The number of aliphatic hydroxyl groups is 2. The summed E-state index contributed by atoms with van der Waals surface area (Å²) in [6, 6.07) is 0. The highest BCUT2D eigenvalue weighted by Crippen LogP contribution is 2.67. The molecule has 7 atom stereocenters. The summed E-state index contributed by atoms with van der Waals surface area (Å²) in [5.41, 5.74) is -0.312. The number of aliphatic hydroxyl groups excluding tert-OH is 1. The molecule has 0 spiro atoms. The smallest absolute Gasteiger partial charge is 0.336 e. The van der Waals surface area contributed by atoms with Gasteiger partial charge in [0.2, 0.25) is 0 Å². The molecule has 1 aromatic rings. The highest BCUT2D eigenvalue weighted by molar-refractivity contribution is 5.79. The molecular formula is C21H27NO5. The zero-order valence-corrected chi connectivity index (χ0v) is 15.8. The second-order valence-electron chi connectivity index (χ2n) is 9.71. The zero-order chi connectivity index (χ0) is 19.2. The van der Waals surface area contributed by atoms with Gasteiger partial charge in [0.15, 0.2) is 11.4 Å². The Morgan fingerprint density at radius 2 is 2.11 bits per heavy atom. The van der Waals surface area contributed by atoms with E-state index in [0.29, 0.717) is 12.8 Å². The normalized spacial score (nSPS) is 48.1. The Hall–Kier alpha value is -1.66. The number of nitrogens with zero attached hydrogens (tertiary/aromatic N) is 1. The fourth-order valence-corrected chi connectivity index (χ4v) is 7.37. The van der Waals surface area contributed by atoms with Crippen LogP contribution in [0.4, 0.5) is 0 Å². The van der Waals surface area contributed by atoms with E-state index in [0.717, 1.165) is 30.6 Å². The Bertz CT molecular complexity index is 845. The number of aromatic nitrogens is 1. The van der Waals surface area contributed by atoms with E-state index in [9.17, 15) is 20.1 Å². The SMILES string of the molecule is C[C@]12Cc3cnoc3C=C1CCC1C2C(O)C[C@@]2(C)C1CC[C@]2(O)C(=O)O. The summed E-state index contributed by atoms with van der Waals surface area (Å²) in [4.78, 5) is 11.9. The van der Waals surface area contributed by atoms with Crippen LogP contribution in [0.2, 0.25) is 0 Å². The van der Waals surface area contributed by atoms with Crippen molar-refractivity contribution in [2.24, 2.45) is 28.6 Å². The van der Waals surface area contributed by atoms with E-state index in [1.807, 2.05) is 6.92 Å². The molecule has 3 saturated carbocycles. The Kier molecular flexibility index (Phi) is 3.38. The maximum Gasteiger partial charge on any atom is 0.336 e. The number of allylic oxidation sites excluding steroid dienone is 1. The Morgan fingerprint density at radius 1 is 1.33 bits per heavy atom. The van der Waals surface area contributed by atoms with Crippen LogP contribution < -0.4 is 0 Å². The molecular weight excluding hydrogens is 346 g/mol. The summed E-state index contributed by atoms with van der Waals surface area (Å²) in [6.45, 7) is 4.11. The zero-order valence-electron chi connectivity index (χ0n) is 15.8. The van der Waals surface area contributed by atoms with Crippen LogP contribution >= 0.6 is 0 Å². The lowest BCUT2D eigenvalue weighted by molar-refractivity contribution is -0.193. The van der Waals surface area contributed by atoms with E-state index in [1.54, 1.807) is 6.20 Å². The average Bonchev–Trinajstić information content (AvgIpc) is 3.14. The summed E-state index contributed by atoms with van der Waals surface area (Å²) in [5.74, 6) is 0.0874. The van der Waals surface area contributed by atoms with Crippen molar-refractivity contribution in [1.82, 2.24) is 5.16 Å². The third-order valence-electron chi connectivity index (χ3n) is 8.72. The molecule has 4 unspecified atom stereocenters. The van der Waals surface area contributed by atoms with Crippen LogP contribution in [0.5, 0.6) is 0 Å². The van der Waals surface area contributed by atoms with Gasteiger partial charge in [-0.2, -0.15) is 0 Å². The van der Waals surface area contributed by atoms with E-state index < -0.39 is 23.1 Å². The van der Waals surface area contributed by atoms with Gasteiger partial charge in [0.1, 0.15) is 0 Å². The first-order valence-electron chi connectivity index (χ1n) is 9.99. The second-order valence-corrected chi connectivity index (χ2v) is 9.71. The van der Waals surface area contributed by atoms with E-state index in [2.05, 4.69) is 18.2 Å². The van der Waals surface area contributed by atoms with Gasteiger partial charge in [0.25, 0.3) is 0 Å². The highest BCUT2D eigenvalue weighted by atomic mass is 16.5. The number of hydrogen-bond acceptors (Lipinski definition) is 5. The van der Waals surface area contributed by atoms with Gasteiger partial charge in [-0.25, -0.2) is 4.79 Å². The van der Waals surface area contributed by atoms with Gasteiger partial charge in [-0.05, 0) is 67.8 Å². The maximum absolute atomic E-state index is 11.9. The first-order valence-corrected chi connectivity index (χ1v) is 9.99. The predicted octanol–water partition coefficient (Wildman–Crippen LogP) is 2.64. The average molecular weight is 373 g/mol. The predicted molar refractivity (Wildman–Crippen MR) is 96.5 cm³/mol. The van der Waals surface area contributed by atoms with Crippen molar-refractivity contribution >= 4 is 12.0 Å². The van der Waals surface area contributed by atoms with Crippen molar-refractivity contribution in [2.45, 2.75) is 64.1 Å². The quantitative estimate of drug-likeness (QED) is 0.699. The molecule has 5 rings (SSSR count). The molecule has 4 aliphatic rings. The fraction of sp³-hybridized carbons (Fsp3) is 0.714. The van der Waals surface area contributed by atoms with Gasteiger partial charge in [-0.3, -0.25) is 0 Å². The Balaban J connectivity index is 1.57. The molecule has 0 amide bonds. The van der Waals surface area contributed by atoms with Crippen molar-refractivity contribution in [2.75, 3.05) is 0 Å². The number of fused-ring (bicyclic) bond motifs is 6. The molecule has 146 valence electrons. The van der Waals surface area contributed by atoms with Gasteiger partial charge in [-0.1, -0.05) is 24.6 Å². The molecule has 0 saturated heterocycles. The van der Waals surface area contributed by atoms with Gasteiger partial charge in [0, 0.05) is 11.0 Å². The van der Waals surface area contributed by atoms with E-state index in [4.69, 9.17) is 4.52 Å². The fourth-order valence-electron chi connectivity index (χ4n) is 7.37. The molecule has 1 aromatic heterocycles. The first-order chi connectivity index (χ1) is 12.7. The van der Waals surface area contributed by atoms with Crippen molar-refractivity contribution in [1.29, 1.82) is 0 Å². The summed E-state index contributed by atoms with van der Waals surface area (Å²) in [6.07, 6.45) is 7.19. The van der Waals surface area contributed by atoms with Crippen molar-refractivity contribution < 1.29 is 24.6 Å². The molecule has 1 heterocycles. The number of hydrogen-bond donors (Lipinski definition) is 3. The summed E-state index contributed by atoms with van der Waals surface area (Å²) < 4.78 is 5.36. The maximum atomic E-state index is 11.9. The van der Waals surface area contributed by atoms with Gasteiger partial charge in [0.05, 0.1) is 12.3 Å². The van der Waals surface area contributed by atoms with Crippen molar-refractivity contribution in [3.05, 3.63) is 23.1 Å². The van der Waals surface area contributed by atoms with Crippen LogP contribution in [0.15, 0.2) is 16.3 Å². The second kappa shape index (κ2) is 5.23. The topological polar surface area (TPSA) is 104 Å². The third-order valence-corrected chi connectivity index (χ3v) is 8.72. The van der Waals surface area contributed by atoms with Crippen LogP contribution in [0.1, 0.15) is 57.3 Å². The number of carboxylic acid groups (broad SMARTS) is 1. The standard InChI is InChI=1S/C21H27NO5/c1-19-8-11-10-22-27-16(11)7-12(19)3-4-13-14-5-6-21(26,18(24)25)20(14,2)9-15(23)17(13)19/h7,10,13-15,17,23,26H,3-6,8-9H2,1-2H3,(H,24,25)/t13?,14?,15?,17?,19-,20-,21-/m0/s1. The molecule has 6 nitrogen and oxygen atoms in total. The number of carbonyl (C=O) groups is 1. The molecule has 0 aliphatic heterocycles. The molecule has 3 N–H and O–H groups in total. The summed E-state index contributed by atoms with van der Waals surface area (Å²) in [7, 11) is 0. The molecule has 27 heavy (non-hydrogen) atoms. The third kappa shape index (κ3) is 1.98. The van der Waals surface area contributed by atoms with Crippen LogP contribution in [0.3, 0.4) is 0 Å². The lowest BCUT2D eigenvalue weighted by Crippen LogP contribution is -2.61. The number of carboxylic acids is 1. The molecule has 0 aromatic carbocycles. The monoisotopic (exact) mass is 373 g/mol. The first kappa shape index (κ1) is 17.4. The summed E-state index contributed by atoms with van der Waals surface area (Å²) >= 11 is 0. The molecule has 6 heteroatoms. The lowest BCUT2D eigenvalue weighted by atomic mass is 9.45. The van der Waals surface area contributed by atoms with E-state index >= 15 is 0 Å². The Morgan fingerprint density at radius 3 is 2.85 bits per heavy atom. The molecule has 4 aliphatic carbocycles. The van der Waals surface area contributed by atoms with Crippen LogP contribution in [-0.4, -0.2) is 38.2 Å². The van der Waals surface area contributed by atoms with Crippen molar-refractivity contribution in [3.8, 4) is 0 Å². The van der Waals surface area contributed by atoms with Crippen LogP contribution in [0, 0.1) is 28.6 Å². The van der Waals surface area contributed by atoms with Gasteiger partial charge < -0.3 is 19.8 Å². The van der Waals surface area contributed by atoms with Crippen LogP contribution in [0.25, 0.3) is 6.08 Å². The highest BCUT2D eigenvalue weighted by Gasteiger charge is 2.68. The lowest BCUT2D eigenvalue weighted by Gasteiger charge is -2.60. The Labute approximate surface area is 158 Å². The molecule has 0 radical (unpaired) electrons. The molecule has 3 fully saturated rings. The van der Waals surface area contributed by atoms with Gasteiger partial charge in [-0.15, -0.1) is 0 Å². The molecule has 0 bridgehead atoms. The van der Waals surface area contributed by atoms with E-state index in [1.165, 1.54) is 5.57 Å². The number of aliphatic carboxylic acids is 1. The minimum Gasteiger partial charge on any atom is -0.479 e. The van der Waals surface area contributed by atoms with Crippen LogP contribution in [-0.2, 0) is 11.2 Å². The summed E-state index contributed by atoms with van der Waals surface area (Å²) in [5, 5.41) is 35.9. The largest absolute Gasteiger partial charge is 0.479 e. The minimum atomic E-state index is -1.74. The minimum absolute atomic E-state index is 0.0646. The van der Waals surface area contributed by atoms with E-state index in [-0.39, 0.29) is 29.6 Å².